The zero-order valence-electron chi connectivity index (χ0n) is 17.0. The predicted octanol–water partition coefficient (Wildman–Crippen LogP) is 2.55. The highest BCUT2D eigenvalue weighted by atomic mass is 19.1. The standard InChI is InChI=1S/C24H19FN2O5/c1-2-10-26-17-7-4-3-6-16(17)24(23(26)31)19-20(29)15-13-14(25)8-9-18(15)32-21(19)22(30)27(24)11-5-12-28/h2-4,6-9,13,28H,1,5,10-12H2. The molecule has 0 saturated carbocycles. The minimum Gasteiger partial charge on any atom is -0.450 e. The van der Waals surface area contributed by atoms with Crippen LogP contribution in [0.25, 0.3) is 11.0 Å². The first-order valence-electron chi connectivity index (χ1n) is 10.2. The van der Waals surface area contributed by atoms with Gasteiger partial charge in [0.2, 0.25) is 5.76 Å². The minimum atomic E-state index is -1.76. The van der Waals surface area contributed by atoms with E-state index in [4.69, 9.17) is 4.42 Å². The molecule has 2 aliphatic rings. The summed E-state index contributed by atoms with van der Waals surface area (Å²) < 4.78 is 19.8. The molecule has 1 spiro atoms. The van der Waals surface area contributed by atoms with Crippen LogP contribution < -0.4 is 10.3 Å². The molecule has 3 aromatic rings. The zero-order valence-corrected chi connectivity index (χ0v) is 17.0. The van der Waals surface area contributed by atoms with E-state index in [9.17, 15) is 23.9 Å². The summed E-state index contributed by atoms with van der Waals surface area (Å²) in [6, 6.07) is 10.4. The van der Waals surface area contributed by atoms with Gasteiger partial charge in [0.25, 0.3) is 11.8 Å². The highest BCUT2D eigenvalue weighted by Gasteiger charge is 2.64. The number of anilines is 1. The number of amides is 2. The summed E-state index contributed by atoms with van der Waals surface area (Å²) in [5, 5.41) is 9.38. The molecular weight excluding hydrogens is 415 g/mol. The SMILES string of the molecule is C=CCN1C(=O)C2(c3ccccc31)c1c(oc3ccc(F)cc3c1=O)C(=O)N2CCCO. The van der Waals surface area contributed by atoms with Gasteiger partial charge in [0.15, 0.2) is 11.0 Å². The molecule has 1 unspecified atom stereocenters. The first kappa shape index (κ1) is 20.1. The van der Waals surface area contributed by atoms with Crippen molar-refractivity contribution < 1.29 is 23.5 Å². The molecule has 2 aromatic carbocycles. The van der Waals surface area contributed by atoms with Gasteiger partial charge >= 0.3 is 0 Å². The van der Waals surface area contributed by atoms with Crippen LogP contribution in [0.15, 0.2) is 64.3 Å². The molecule has 0 saturated heterocycles. The highest BCUT2D eigenvalue weighted by Crippen LogP contribution is 2.52. The number of halogens is 1. The number of aliphatic hydroxyl groups is 1. The average molecular weight is 434 g/mol. The molecule has 1 atom stereocenters. The maximum atomic E-state index is 14.0. The quantitative estimate of drug-likeness (QED) is 0.624. The Bertz CT molecular complexity index is 1360. The summed E-state index contributed by atoms with van der Waals surface area (Å²) in [5.74, 6) is -1.99. The third-order valence-corrected chi connectivity index (χ3v) is 6.05. The maximum Gasteiger partial charge on any atom is 0.291 e. The number of fused-ring (bicyclic) bond motifs is 5. The molecule has 3 heterocycles. The lowest BCUT2D eigenvalue weighted by molar-refractivity contribution is -0.126. The lowest BCUT2D eigenvalue weighted by atomic mass is 9.84. The van der Waals surface area contributed by atoms with Crippen molar-refractivity contribution >= 4 is 28.5 Å². The van der Waals surface area contributed by atoms with E-state index in [1.165, 1.54) is 15.9 Å². The van der Waals surface area contributed by atoms with Crippen LogP contribution in [0, 0.1) is 5.82 Å². The Balaban J connectivity index is 1.91. The van der Waals surface area contributed by atoms with E-state index in [1.807, 2.05) is 0 Å². The molecule has 0 bridgehead atoms. The van der Waals surface area contributed by atoms with E-state index >= 15 is 0 Å². The number of nitrogens with zero attached hydrogens (tertiary/aromatic N) is 2. The molecule has 0 fully saturated rings. The zero-order chi connectivity index (χ0) is 22.6. The van der Waals surface area contributed by atoms with Crippen molar-refractivity contribution in [3.05, 3.63) is 88.0 Å². The van der Waals surface area contributed by atoms with Crippen molar-refractivity contribution in [2.45, 2.75) is 12.0 Å². The van der Waals surface area contributed by atoms with Crippen molar-refractivity contribution in [1.29, 1.82) is 0 Å². The van der Waals surface area contributed by atoms with Gasteiger partial charge in [-0.1, -0.05) is 24.3 Å². The van der Waals surface area contributed by atoms with E-state index in [0.717, 1.165) is 12.1 Å². The molecule has 1 aromatic heterocycles. The van der Waals surface area contributed by atoms with Gasteiger partial charge in [0.1, 0.15) is 11.4 Å². The number of para-hydroxylation sites is 1. The Labute approximate surface area is 182 Å². The number of carbonyl (C=O) groups excluding carboxylic acids is 2. The summed E-state index contributed by atoms with van der Waals surface area (Å²) in [6.45, 7) is 3.69. The first-order valence-corrected chi connectivity index (χ1v) is 10.2. The summed E-state index contributed by atoms with van der Waals surface area (Å²) >= 11 is 0. The number of rotatable bonds is 5. The molecule has 7 nitrogen and oxygen atoms in total. The highest BCUT2D eigenvalue weighted by molar-refractivity contribution is 6.17. The van der Waals surface area contributed by atoms with Gasteiger partial charge in [-0.3, -0.25) is 14.4 Å². The van der Waals surface area contributed by atoms with Crippen LogP contribution in [-0.4, -0.2) is 41.5 Å². The normalized spacial score (nSPS) is 19.2. The van der Waals surface area contributed by atoms with Gasteiger partial charge in [-0.15, -0.1) is 6.58 Å². The molecule has 8 heteroatoms. The molecular formula is C24H19FN2O5. The monoisotopic (exact) mass is 434 g/mol. The third kappa shape index (κ3) is 2.41. The third-order valence-electron chi connectivity index (χ3n) is 6.05. The van der Waals surface area contributed by atoms with E-state index in [2.05, 4.69) is 6.58 Å². The van der Waals surface area contributed by atoms with Crippen LogP contribution in [0.1, 0.15) is 28.1 Å². The lowest BCUT2D eigenvalue weighted by Gasteiger charge is -2.34. The summed E-state index contributed by atoms with van der Waals surface area (Å²) in [6.07, 6.45) is 1.75. The number of hydrogen-bond acceptors (Lipinski definition) is 5. The fraction of sp³-hybridized carbons (Fsp3) is 0.208. The first-order chi connectivity index (χ1) is 15.5. The van der Waals surface area contributed by atoms with Gasteiger partial charge < -0.3 is 19.3 Å². The van der Waals surface area contributed by atoms with Crippen LogP contribution in [0.4, 0.5) is 10.1 Å². The second-order valence-corrected chi connectivity index (χ2v) is 7.74. The Kier molecular flexibility index (Phi) is 4.49. The fourth-order valence-electron chi connectivity index (χ4n) is 4.80. The molecule has 162 valence electrons. The number of hydrogen-bond donors (Lipinski definition) is 1. The number of carbonyl (C=O) groups is 2. The van der Waals surface area contributed by atoms with Crippen LogP contribution in [0.2, 0.25) is 0 Å². The molecule has 1 N–H and O–H groups in total. The predicted molar refractivity (Wildman–Crippen MR) is 115 cm³/mol. The van der Waals surface area contributed by atoms with Crippen molar-refractivity contribution in [1.82, 2.24) is 4.90 Å². The Morgan fingerprint density at radius 3 is 2.69 bits per heavy atom. The van der Waals surface area contributed by atoms with Crippen LogP contribution >= 0.6 is 0 Å². The van der Waals surface area contributed by atoms with Crippen LogP contribution in [-0.2, 0) is 10.3 Å². The Morgan fingerprint density at radius 2 is 1.94 bits per heavy atom. The molecule has 0 radical (unpaired) electrons. The summed E-state index contributed by atoms with van der Waals surface area (Å²) in [5.41, 5.74) is -1.45. The summed E-state index contributed by atoms with van der Waals surface area (Å²) in [7, 11) is 0. The minimum absolute atomic E-state index is 0.0195. The molecule has 32 heavy (non-hydrogen) atoms. The topological polar surface area (TPSA) is 91.1 Å². The van der Waals surface area contributed by atoms with Gasteiger partial charge in [-0.05, 0) is 30.7 Å². The van der Waals surface area contributed by atoms with Gasteiger partial charge in [0, 0.05) is 25.3 Å². The van der Waals surface area contributed by atoms with E-state index < -0.39 is 28.6 Å². The largest absolute Gasteiger partial charge is 0.450 e. The molecule has 0 aliphatic carbocycles. The van der Waals surface area contributed by atoms with Crippen LogP contribution in [0.3, 0.4) is 0 Å². The molecule has 5 rings (SSSR count). The second kappa shape index (κ2) is 7.13. The fourth-order valence-corrected chi connectivity index (χ4v) is 4.80. The molecule has 2 amide bonds. The smallest absolute Gasteiger partial charge is 0.291 e. The van der Waals surface area contributed by atoms with Crippen molar-refractivity contribution in [2.24, 2.45) is 0 Å². The Hall–Kier alpha value is -3.78. The second-order valence-electron chi connectivity index (χ2n) is 7.74. The average Bonchev–Trinajstić information content (AvgIpc) is 3.18. The molecule has 2 aliphatic heterocycles. The Morgan fingerprint density at radius 1 is 1.16 bits per heavy atom. The van der Waals surface area contributed by atoms with Crippen LogP contribution in [0.5, 0.6) is 0 Å². The maximum absolute atomic E-state index is 14.0. The number of aliphatic hydroxyl groups excluding tert-OH is 1. The van der Waals surface area contributed by atoms with E-state index in [-0.39, 0.29) is 48.4 Å². The van der Waals surface area contributed by atoms with Gasteiger partial charge in [-0.25, -0.2) is 4.39 Å². The number of benzene rings is 2. The lowest BCUT2D eigenvalue weighted by Crippen LogP contribution is -2.53. The van der Waals surface area contributed by atoms with E-state index in [0.29, 0.717) is 11.3 Å². The van der Waals surface area contributed by atoms with Crippen molar-refractivity contribution in [3.63, 3.8) is 0 Å². The summed E-state index contributed by atoms with van der Waals surface area (Å²) in [4.78, 5) is 43.9. The van der Waals surface area contributed by atoms with Crippen molar-refractivity contribution in [3.8, 4) is 0 Å². The van der Waals surface area contributed by atoms with Crippen molar-refractivity contribution in [2.75, 3.05) is 24.6 Å². The van der Waals surface area contributed by atoms with Gasteiger partial charge in [0.05, 0.1) is 16.6 Å². The van der Waals surface area contributed by atoms with E-state index in [1.54, 1.807) is 30.3 Å². The van der Waals surface area contributed by atoms with Gasteiger partial charge in [-0.2, -0.15) is 0 Å².